The van der Waals surface area contributed by atoms with E-state index in [4.69, 9.17) is 10.00 Å². The Morgan fingerprint density at radius 2 is 2.33 bits per heavy atom. The summed E-state index contributed by atoms with van der Waals surface area (Å²) >= 11 is 0. The number of amides is 1. The van der Waals surface area contributed by atoms with Crippen LogP contribution < -0.4 is 0 Å². The van der Waals surface area contributed by atoms with Crippen LogP contribution in [-0.2, 0) is 4.74 Å². The van der Waals surface area contributed by atoms with Crippen molar-refractivity contribution in [1.82, 2.24) is 9.88 Å². The summed E-state index contributed by atoms with van der Waals surface area (Å²) in [6.07, 6.45) is 1.97. The Bertz CT molecular complexity index is 440. The molecule has 5 nitrogen and oxygen atoms in total. The molecule has 0 fully saturated rings. The summed E-state index contributed by atoms with van der Waals surface area (Å²) in [5.41, 5.74) is 1.27. The van der Waals surface area contributed by atoms with Gasteiger partial charge >= 0.3 is 0 Å². The SMILES string of the molecule is COCCN(CCC#N)C(=O)c1cccnc1C. The predicted molar refractivity (Wildman–Crippen MR) is 67.0 cm³/mol. The summed E-state index contributed by atoms with van der Waals surface area (Å²) in [6.45, 7) is 3.14. The number of hydrogen-bond acceptors (Lipinski definition) is 4. The maximum absolute atomic E-state index is 12.3. The zero-order valence-corrected chi connectivity index (χ0v) is 10.7. The average molecular weight is 247 g/mol. The summed E-state index contributed by atoms with van der Waals surface area (Å²) < 4.78 is 4.98. The molecule has 1 aromatic heterocycles. The van der Waals surface area contributed by atoms with E-state index in [0.29, 0.717) is 37.4 Å². The molecule has 0 spiro atoms. The van der Waals surface area contributed by atoms with Crippen molar-refractivity contribution in [2.75, 3.05) is 26.8 Å². The molecule has 1 heterocycles. The number of nitrogens with zero attached hydrogens (tertiary/aromatic N) is 3. The molecular formula is C13H17N3O2. The molecule has 0 unspecified atom stereocenters. The van der Waals surface area contributed by atoms with Crippen LogP contribution in [0.25, 0.3) is 0 Å². The van der Waals surface area contributed by atoms with E-state index in [1.807, 2.05) is 6.07 Å². The van der Waals surface area contributed by atoms with Gasteiger partial charge in [0.2, 0.25) is 0 Å². The van der Waals surface area contributed by atoms with Crippen molar-refractivity contribution >= 4 is 5.91 Å². The lowest BCUT2D eigenvalue weighted by molar-refractivity contribution is 0.0698. The molecule has 0 saturated carbocycles. The Morgan fingerprint density at radius 3 is 2.94 bits per heavy atom. The van der Waals surface area contributed by atoms with E-state index >= 15 is 0 Å². The third-order valence-corrected chi connectivity index (χ3v) is 2.58. The van der Waals surface area contributed by atoms with Gasteiger partial charge in [-0.2, -0.15) is 5.26 Å². The largest absolute Gasteiger partial charge is 0.383 e. The fraction of sp³-hybridized carbons (Fsp3) is 0.462. The highest BCUT2D eigenvalue weighted by Gasteiger charge is 2.17. The summed E-state index contributed by atoms with van der Waals surface area (Å²) in [4.78, 5) is 18.0. The number of hydrogen-bond donors (Lipinski definition) is 0. The van der Waals surface area contributed by atoms with E-state index in [-0.39, 0.29) is 5.91 Å². The van der Waals surface area contributed by atoms with Gasteiger partial charge in [-0.1, -0.05) is 0 Å². The van der Waals surface area contributed by atoms with E-state index in [1.54, 1.807) is 37.3 Å². The van der Waals surface area contributed by atoms with E-state index in [1.165, 1.54) is 0 Å². The first-order valence-electron chi connectivity index (χ1n) is 5.77. The minimum absolute atomic E-state index is 0.104. The van der Waals surface area contributed by atoms with Gasteiger partial charge in [-0.25, -0.2) is 0 Å². The summed E-state index contributed by atoms with van der Waals surface area (Å²) in [7, 11) is 1.59. The molecule has 1 aromatic rings. The number of nitriles is 1. The number of methoxy groups -OCH3 is 1. The topological polar surface area (TPSA) is 66.2 Å². The first-order chi connectivity index (χ1) is 8.70. The molecule has 0 aliphatic heterocycles. The Labute approximate surface area is 107 Å². The zero-order valence-electron chi connectivity index (χ0n) is 10.7. The van der Waals surface area contributed by atoms with E-state index < -0.39 is 0 Å². The van der Waals surface area contributed by atoms with Gasteiger partial charge in [0, 0.05) is 32.1 Å². The van der Waals surface area contributed by atoms with Crippen molar-refractivity contribution in [3.8, 4) is 6.07 Å². The van der Waals surface area contributed by atoms with Gasteiger partial charge in [-0.3, -0.25) is 9.78 Å². The lowest BCUT2D eigenvalue weighted by Crippen LogP contribution is -2.35. The van der Waals surface area contributed by atoms with Crippen LogP contribution in [0.1, 0.15) is 22.5 Å². The number of rotatable bonds is 6. The predicted octanol–water partition coefficient (Wildman–Crippen LogP) is 1.39. The number of aryl methyl sites for hydroxylation is 1. The number of carbonyl (C=O) groups is 1. The number of pyridine rings is 1. The zero-order chi connectivity index (χ0) is 13.4. The van der Waals surface area contributed by atoms with Crippen molar-refractivity contribution in [2.45, 2.75) is 13.3 Å². The van der Waals surface area contributed by atoms with Gasteiger partial charge < -0.3 is 9.64 Å². The third-order valence-electron chi connectivity index (χ3n) is 2.58. The molecule has 0 radical (unpaired) electrons. The Balaban J connectivity index is 2.81. The summed E-state index contributed by atoms with van der Waals surface area (Å²) in [5, 5.41) is 8.62. The maximum atomic E-state index is 12.3. The minimum Gasteiger partial charge on any atom is -0.383 e. The van der Waals surface area contributed by atoms with E-state index in [9.17, 15) is 4.79 Å². The Kier molecular flexibility index (Phi) is 5.81. The molecule has 0 bridgehead atoms. The van der Waals surface area contributed by atoms with Crippen LogP contribution in [-0.4, -0.2) is 42.6 Å². The molecule has 1 amide bonds. The lowest BCUT2D eigenvalue weighted by atomic mass is 10.1. The number of ether oxygens (including phenoxy) is 1. The van der Waals surface area contributed by atoms with Crippen LogP contribution in [0, 0.1) is 18.3 Å². The van der Waals surface area contributed by atoms with Crippen LogP contribution in [0.5, 0.6) is 0 Å². The number of aromatic nitrogens is 1. The second-order valence-corrected chi connectivity index (χ2v) is 3.83. The number of carbonyl (C=O) groups excluding carboxylic acids is 1. The first kappa shape index (κ1) is 14.1. The molecule has 0 aliphatic rings. The van der Waals surface area contributed by atoms with Gasteiger partial charge in [0.1, 0.15) is 0 Å². The van der Waals surface area contributed by atoms with Gasteiger partial charge in [0.25, 0.3) is 5.91 Å². The van der Waals surface area contributed by atoms with Crippen molar-refractivity contribution in [1.29, 1.82) is 5.26 Å². The third kappa shape index (κ3) is 3.82. The first-order valence-corrected chi connectivity index (χ1v) is 5.77. The fourth-order valence-corrected chi connectivity index (χ4v) is 1.58. The molecule has 0 aromatic carbocycles. The van der Waals surface area contributed by atoms with Crippen molar-refractivity contribution in [2.24, 2.45) is 0 Å². The molecule has 0 atom stereocenters. The van der Waals surface area contributed by atoms with Gasteiger partial charge in [0.05, 0.1) is 24.7 Å². The van der Waals surface area contributed by atoms with Gasteiger partial charge in [-0.05, 0) is 19.1 Å². The summed E-state index contributed by atoms with van der Waals surface area (Å²) in [6, 6.07) is 5.53. The monoisotopic (exact) mass is 247 g/mol. The smallest absolute Gasteiger partial charge is 0.255 e. The highest BCUT2D eigenvalue weighted by molar-refractivity contribution is 5.95. The minimum atomic E-state index is -0.104. The molecule has 18 heavy (non-hydrogen) atoms. The highest BCUT2D eigenvalue weighted by Crippen LogP contribution is 2.08. The Hall–Kier alpha value is -1.93. The standard InChI is InChI=1S/C13H17N3O2/c1-11-12(5-3-7-15-11)13(17)16(8-4-6-14)9-10-18-2/h3,5,7H,4,8-10H2,1-2H3. The molecule has 96 valence electrons. The van der Waals surface area contributed by atoms with Crippen LogP contribution >= 0.6 is 0 Å². The fourth-order valence-electron chi connectivity index (χ4n) is 1.58. The lowest BCUT2D eigenvalue weighted by Gasteiger charge is -2.21. The van der Waals surface area contributed by atoms with Crippen LogP contribution in [0.3, 0.4) is 0 Å². The highest BCUT2D eigenvalue weighted by atomic mass is 16.5. The Morgan fingerprint density at radius 1 is 1.56 bits per heavy atom. The second kappa shape index (κ2) is 7.41. The van der Waals surface area contributed by atoms with Gasteiger partial charge in [-0.15, -0.1) is 0 Å². The van der Waals surface area contributed by atoms with Gasteiger partial charge in [0.15, 0.2) is 0 Å². The molecule has 1 rings (SSSR count). The quantitative estimate of drug-likeness (QED) is 0.762. The summed E-state index contributed by atoms with van der Waals surface area (Å²) in [5.74, 6) is -0.104. The molecule has 0 saturated heterocycles. The molecular weight excluding hydrogens is 230 g/mol. The molecule has 0 N–H and O–H groups in total. The van der Waals surface area contributed by atoms with Crippen molar-refractivity contribution < 1.29 is 9.53 Å². The molecule has 0 aliphatic carbocycles. The second-order valence-electron chi connectivity index (χ2n) is 3.83. The van der Waals surface area contributed by atoms with Crippen LogP contribution in [0.2, 0.25) is 0 Å². The molecule has 5 heteroatoms. The van der Waals surface area contributed by atoms with E-state index in [0.717, 1.165) is 0 Å². The van der Waals surface area contributed by atoms with Crippen LogP contribution in [0.15, 0.2) is 18.3 Å². The van der Waals surface area contributed by atoms with Crippen LogP contribution in [0.4, 0.5) is 0 Å². The maximum Gasteiger partial charge on any atom is 0.255 e. The normalized spacial score (nSPS) is 9.83. The van der Waals surface area contributed by atoms with Crippen molar-refractivity contribution in [3.63, 3.8) is 0 Å². The average Bonchev–Trinajstić information content (AvgIpc) is 2.39. The van der Waals surface area contributed by atoms with Crippen molar-refractivity contribution in [3.05, 3.63) is 29.6 Å². The van der Waals surface area contributed by atoms with E-state index in [2.05, 4.69) is 4.98 Å².